The van der Waals surface area contributed by atoms with E-state index in [4.69, 9.17) is 5.73 Å². The molecule has 0 bridgehead atoms. The van der Waals surface area contributed by atoms with Gasteiger partial charge in [0.2, 0.25) is 0 Å². The van der Waals surface area contributed by atoms with E-state index in [-0.39, 0.29) is 6.15 Å². The van der Waals surface area contributed by atoms with Crippen LogP contribution in [0, 0.1) is 0 Å². The van der Waals surface area contributed by atoms with Crippen LogP contribution in [0.4, 0.5) is 17.1 Å². The minimum atomic E-state index is 0. The van der Waals surface area contributed by atoms with Gasteiger partial charge in [-0.2, -0.15) is 0 Å². The molecule has 0 fully saturated rings. The maximum atomic E-state index is 5.60. The normalized spacial score (nSPS) is 9.94. The third-order valence-corrected chi connectivity index (χ3v) is 11.3. The minimum absolute atomic E-state index is 0. The number of nitrogens with one attached hydrogen (secondary N) is 1. The molecule has 0 spiro atoms. The van der Waals surface area contributed by atoms with Crippen molar-refractivity contribution in [1.82, 2.24) is 6.15 Å². The Labute approximate surface area is 401 Å². The van der Waals surface area contributed by atoms with E-state index in [9.17, 15) is 0 Å². The summed E-state index contributed by atoms with van der Waals surface area (Å²) in [5, 5.41) is 3.46. The molecule has 0 aliphatic rings. The van der Waals surface area contributed by atoms with Gasteiger partial charge in [0.25, 0.3) is 0 Å². The van der Waals surface area contributed by atoms with Crippen LogP contribution < -0.4 is 17.2 Å². The van der Waals surface area contributed by atoms with Crippen molar-refractivity contribution < 1.29 is 0 Å². The lowest BCUT2D eigenvalue weighted by molar-refractivity contribution is 1.53. The summed E-state index contributed by atoms with van der Waals surface area (Å²) in [6.45, 7) is 0. The van der Waals surface area contributed by atoms with Gasteiger partial charge in [-0.15, -0.1) is 0 Å². The van der Waals surface area contributed by atoms with Crippen LogP contribution in [-0.2, 0) is 0 Å². The van der Waals surface area contributed by atoms with Gasteiger partial charge < -0.3 is 17.2 Å². The minimum Gasteiger partial charge on any atom is -0.399 e. The largest absolute Gasteiger partial charge is 0.399 e. The maximum absolute atomic E-state index is 5.60. The summed E-state index contributed by atoms with van der Waals surface area (Å²) in [6.07, 6.45) is 0. The molecule has 0 aliphatic heterocycles. The SMILES string of the molecule is Brc1ccc(-c2ccccc2)cc1.Brc1ccc(-c2ccccc2)cc1.N.Nc1ccc(-c2ccccc2)cc1.c1ccc(-c2ccc(Nc3ccc(-c4ccccc4)cc3)cc2)cc1. The van der Waals surface area contributed by atoms with Gasteiger partial charge in [-0.3, -0.25) is 0 Å². The first-order valence-electron chi connectivity index (χ1n) is 21.1. The summed E-state index contributed by atoms with van der Waals surface area (Å²) in [6, 6.07) is 93.5. The standard InChI is InChI=1S/C24H19N.2C12H9Br.C12H11N.H3N/c1-3-7-19(8-4-1)21-11-15-23(16-12-21)25-24-17-13-22(14-18-24)20-9-5-2-6-10-20;3*13-12-8-6-11(7-9-12)10-4-2-1-3-5-10;/h1-18,25H;2*1-9H;1-9H,13H2;1H3. The molecule has 6 N–H and O–H groups in total. The molecule has 65 heavy (non-hydrogen) atoms. The highest BCUT2D eigenvalue weighted by Crippen LogP contribution is 2.27. The molecule has 0 heterocycles. The highest BCUT2D eigenvalue weighted by atomic mass is 79.9. The van der Waals surface area contributed by atoms with Crippen LogP contribution in [0.3, 0.4) is 0 Å². The van der Waals surface area contributed by atoms with E-state index in [1.54, 1.807) is 0 Å². The molecule has 0 unspecified atom stereocenters. The molecule has 0 radical (unpaired) electrons. The monoisotopic (exact) mass is 971 g/mol. The Morgan fingerprint density at radius 2 is 0.415 bits per heavy atom. The molecule has 10 aromatic carbocycles. The molecule has 0 saturated carbocycles. The number of nitrogen functional groups attached to an aromatic ring is 1. The molecule has 0 amide bonds. The fourth-order valence-corrected chi connectivity index (χ4v) is 7.30. The van der Waals surface area contributed by atoms with Gasteiger partial charge in [-0.1, -0.05) is 244 Å². The molecule has 5 heteroatoms. The summed E-state index contributed by atoms with van der Waals surface area (Å²) in [7, 11) is 0. The van der Waals surface area contributed by atoms with E-state index in [0.717, 1.165) is 26.0 Å². The second-order valence-corrected chi connectivity index (χ2v) is 16.6. The number of hydrogen-bond donors (Lipinski definition) is 3. The predicted octanol–water partition coefficient (Wildman–Crippen LogP) is 18.1. The third kappa shape index (κ3) is 14.9. The molecule has 0 aromatic heterocycles. The molecule has 10 rings (SSSR count). The molecule has 320 valence electrons. The van der Waals surface area contributed by atoms with Crippen LogP contribution in [0.5, 0.6) is 0 Å². The van der Waals surface area contributed by atoms with Gasteiger partial charge in [0, 0.05) is 26.0 Å². The molecular weight excluding hydrogens is 922 g/mol. The third-order valence-electron chi connectivity index (χ3n) is 10.2. The van der Waals surface area contributed by atoms with Crippen molar-refractivity contribution in [3.05, 3.63) is 282 Å². The van der Waals surface area contributed by atoms with Gasteiger partial charge in [0.15, 0.2) is 0 Å². The zero-order valence-electron chi connectivity index (χ0n) is 36.0. The quantitative estimate of drug-likeness (QED) is 0.139. The van der Waals surface area contributed by atoms with Crippen molar-refractivity contribution in [1.29, 1.82) is 0 Å². The highest BCUT2D eigenvalue weighted by Gasteiger charge is 2.01. The van der Waals surface area contributed by atoms with E-state index >= 15 is 0 Å². The van der Waals surface area contributed by atoms with Gasteiger partial charge in [-0.25, -0.2) is 0 Å². The Kier molecular flexibility index (Phi) is 18.2. The molecule has 10 aromatic rings. The lowest BCUT2D eigenvalue weighted by atomic mass is 10.0. The summed E-state index contributed by atoms with van der Waals surface area (Å²) < 4.78 is 2.24. The van der Waals surface area contributed by atoms with Crippen LogP contribution in [-0.4, -0.2) is 0 Å². The summed E-state index contributed by atoms with van der Waals surface area (Å²) >= 11 is 6.84. The summed E-state index contributed by atoms with van der Waals surface area (Å²) in [5.41, 5.74) is 21.0. The Morgan fingerprint density at radius 1 is 0.231 bits per heavy atom. The first-order valence-corrected chi connectivity index (χ1v) is 22.7. The number of nitrogens with two attached hydrogens (primary N) is 1. The molecule has 0 aliphatic carbocycles. The number of rotatable bonds is 7. The number of benzene rings is 10. The summed E-state index contributed by atoms with van der Waals surface area (Å²) in [4.78, 5) is 0. The average Bonchev–Trinajstić information content (AvgIpc) is 3.37. The number of halogens is 2. The van der Waals surface area contributed by atoms with E-state index < -0.39 is 0 Å². The van der Waals surface area contributed by atoms with E-state index in [0.29, 0.717) is 0 Å². The van der Waals surface area contributed by atoms with Crippen molar-refractivity contribution in [2.75, 3.05) is 11.1 Å². The Hall–Kier alpha value is -7.28. The van der Waals surface area contributed by atoms with Crippen LogP contribution in [0.25, 0.3) is 55.6 Å². The number of anilines is 3. The lowest BCUT2D eigenvalue weighted by Gasteiger charge is -2.09. The summed E-state index contributed by atoms with van der Waals surface area (Å²) in [5.74, 6) is 0. The fraction of sp³-hybridized carbons (Fsp3) is 0. The van der Waals surface area contributed by atoms with Crippen LogP contribution in [0.2, 0.25) is 0 Å². The Balaban J connectivity index is 0.000000151. The Bertz CT molecular complexity index is 2570. The van der Waals surface area contributed by atoms with Crippen LogP contribution >= 0.6 is 31.9 Å². The predicted molar refractivity (Wildman–Crippen MR) is 288 cm³/mol. The van der Waals surface area contributed by atoms with Gasteiger partial charge in [-0.05, 0) is 116 Å². The molecule has 0 atom stereocenters. The zero-order chi connectivity index (χ0) is 44.2. The second kappa shape index (κ2) is 25.1. The van der Waals surface area contributed by atoms with Crippen molar-refractivity contribution >= 4 is 48.9 Å². The van der Waals surface area contributed by atoms with Gasteiger partial charge in [0.05, 0.1) is 0 Å². The molecule has 3 nitrogen and oxygen atoms in total. The first-order chi connectivity index (χ1) is 31.5. The van der Waals surface area contributed by atoms with Crippen molar-refractivity contribution in [2.45, 2.75) is 0 Å². The fourth-order valence-electron chi connectivity index (χ4n) is 6.77. The van der Waals surface area contributed by atoms with Gasteiger partial charge in [0.1, 0.15) is 0 Å². The van der Waals surface area contributed by atoms with E-state index in [1.165, 1.54) is 55.6 Å². The van der Waals surface area contributed by atoms with Crippen molar-refractivity contribution in [3.8, 4) is 55.6 Å². The molecular formula is C60H51Br2N3. The van der Waals surface area contributed by atoms with Crippen LogP contribution in [0.1, 0.15) is 0 Å². The smallest absolute Gasteiger partial charge is 0.0384 e. The first kappa shape index (κ1) is 47.2. The van der Waals surface area contributed by atoms with Gasteiger partial charge >= 0.3 is 0 Å². The highest BCUT2D eigenvalue weighted by molar-refractivity contribution is 9.10. The number of hydrogen-bond acceptors (Lipinski definition) is 3. The average molecular weight is 974 g/mol. The maximum Gasteiger partial charge on any atom is 0.0384 e. The second-order valence-electron chi connectivity index (χ2n) is 14.7. The van der Waals surface area contributed by atoms with E-state index in [2.05, 4.69) is 243 Å². The lowest BCUT2D eigenvalue weighted by Crippen LogP contribution is -1.90. The topological polar surface area (TPSA) is 73.0 Å². The van der Waals surface area contributed by atoms with Crippen molar-refractivity contribution in [2.24, 2.45) is 0 Å². The zero-order valence-corrected chi connectivity index (χ0v) is 39.2. The molecule has 0 saturated heterocycles. The Morgan fingerprint density at radius 3 is 0.646 bits per heavy atom. The van der Waals surface area contributed by atoms with Crippen LogP contribution in [0.15, 0.2) is 282 Å². The van der Waals surface area contributed by atoms with E-state index in [1.807, 2.05) is 66.7 Å². The van der Waals surface area contributed by atoms with Crippen molar-refractivity contribution in [3.63, 3.8) is 0 Å².